The van der Waals surface area contributed by atoms with Crippen LogP contribution in [-0.2, 0) is 4.74 Å². The molecule has 2 unspecified atom stereocenters. The molecule has 8 atom stereocenters. The quantitative estimate of drug-likeness (QED) is 0.648. The summed E-state index contributed by atoms with van der Waals surface area (Å²) in [6.07, 6.45) is 15.0. The van der Waals surface area contributed by atoms with E-state index in [0.717, 1.165) is 37.2 Å². The molecule has 3 fully saturated rings. The van der Waals surface area contributed by atoms with Crippen LogP contribution < -0.4 is 0 Å². The third kappa shape index (κ3) is 2.30. The zero-order valence-electron chi connectivity index (χ0n) is 16.8. The summed E-state index contributed by atoms with van der Waals surface area (Å²) in [6.45, 7) is 8.51. The lowest BCUT2D eigenvalue weighted by Gasteiger charge is -2.59. The highest BCUT2D eigenvalue weighted by Gasteiger charge is 2.59. The van der Waals surface area contributed by atoms with Crippen LogP contribution in [0.3, 0.4) is 0 Å². The molecule has 0 bridgehead atoms. The minimum atomic E-state index is -0.105. The van der Waals surface area contributed by atoms with Crippen molar-refractivity contribution in [2.45, 2.75) is 84.3 Å². The number of allylic oxidation sites excluding steroid dienone is 2. The highest BCUT2D eigenvalue weighted by Crippen LogP contribution is 2.66. The zero-order chi connectivity index (χ0) is 18.1. The van der Waals surface area contributed by atoms with Crippen molar-refractivity contribution >= 4 is 0 Å². The van der Waals surface area contributed by atoms with Gasteiger partial charge in [0, 0.05) is 6.61 Å². The molecule has 0 aromatic heterocycles. The third-order valence-corrected chi connectivity index (χ3v) is 9.33. The van der Waals surface area contributed by atoms with E-state index in [-0.39, 0.29) is 6.10 Å². The van der Waals surface area contributed by atoms with E-state index in [0.29, 0.717) is 22.9 Å². The third-order valence-electron chi connectivity index (χ3n) is 9.33. The molecule has 1 aliphatic heterocycles. The summed E-state index contributed by atoms with van der Waals surface area (Å²) in [7, 11) is 0. The summed E-state index contributed by atoms with van der Waals surface area (Å²) in [5.74, 6) is 3.04. The molecule has 1 saturated heterocycles. The number of rotatable bonds is 1. The Hall–Kier alpha value is -0.600. The maximum absolute atomic E-state index is 10.2. The van der Waals surface area contributed by atoms with Crippen LogP contribution in [0.15, 0.2) is 23.3 Å². The van der Waals surface area contributed by atoms with Crippen LogP contribution in [0.5, 0.6) is 0 Å². The number of fused-ring (bicyclic) bond motifs is 5. The van der Waals surface area contributed by atoms with Gasteiger partial charge in [0.05, 0.1) is 12.2 Å². The van der Waals surface area contributed by atoms with Gasteiger partial charge in [-0.1, -0.05) is 38.5 Å². The maximum atomic E-state index is 10.2. The van der Waals surface area contributed by atoms with E-state index >= 15 is 0 Å². The Morgan fingerprint density at radius 1 is 1.08 bits per heavy atom. The Morgan fingerprint density at radius 2 is 1.88 bits per heavy atom. The summed E-state index contributed by atoms with van der Waals surface area (Å²) >= 11 is 0. The number of hydrogen-bond donors (Lipinski definition) is 1. The van der Waals surface area contributed by atoms with Crippen LogP contribution in [0, 0.1) is 34.5 Å². The molecule has 1 heterocycles. The van der Waals surface area contributed by atoms with Crippen molar-refractivity contribution in [1.82, 2.24) is 0 Å². The molecule has 144 valence electrons. The summed E-state index contributed by atoms with van der Waals surface area (Å²) in [5.41, 5.74) is 3.94. The van der Waals surface area contributed by atoms with Crippen LogP contribution in [0.1, 0.15) is 72.1 Å². The second kappa shape index (κ2) is 5.95. The monoisotopic (exact) mass is 356 g/mol. The molecule has 2 heteroatoms. The minimum Gasteiger partial charge on any atom is -0.393 e. The summed E-state index contributed by atoms with van der Waals surface area (Å²) in [5, 5.41) is 10.2. The van der Waals surface area contributed by atoms with Crippen molar-refractivity contribution in [3.8, 4) is 0 Å². The van der Waals surface area contributed by atoms with Crippen LogP contribution in [0.25, 0.3) is 0 Å². The Bertz CT molecular complexity index is 643. The fourth-order valence-electron chi connectivity index (χ4n) is 7.93. The molecule has 0 aromatic carbocycles. The number of aliphatic hydroxyl groups is 1. The Labute approximate surface area is 159 Å². The van der Waals surface area contributed by atoms with Gasteiger partial charge < -0.3 is 9.84 Å². The SMILES string of the molecule is C[C@@H]1C=C2CC(O)CC[C@]2(C)[C@H]2CC[C@]3(C)C(C4CCCO4)=CC[C@H]3[C@H]12. The second-order valence-corrected chi connectivity index (χ2v) is 10.5. The van der Waals surface area contributed by atoms with Gasteiger partial charge in [0.25, 0.3) is 0 Å². The first-order valence-corrected chi connectivity index (χ1v) is 11.1. The van der Waals surface area contributed by atoms with Crippen LogP contribution in [-0.4, -0.2) is 23.9 Å². The molecular formula is C24H36O2. The standard InChI is InChI=1S/C24H36O2/c1-15-13-16-14-17(25)8-10-23(16,2)20-9-11-24(3)18(21-5-4-12-26-21)6-7-19(24)22(15)20/h6,13,15,17,19-22,25H,4-5,7-12,14H2,1-3H3/t15-,17?,19+,20+,21?,22+,23+,24-/m1/s1. The predicted octanol–water partition coefficient (Wildman–Crippen LogP) is 5.27. The molecule has 0 amide bonds. The van der Waals surface area contributed by atoms with Gasteiger partial charge in [-0.05, 0) is 91.4 Å². The van der Waals surface area contributed by atoms with Gasteiger partial charge in [-0.25, -0.2) is 0 Å². The molecule has 0 radical (unpaired) electrons. The highest BCUT2D eigenvalue weighted by molar-refractivity contribution is 5.33. The fourth-order valence-corrected chi connectivity index (χ4v) is 7.93. The molecule has 2 saturated carbocycles. The summed E-state index contributed by atoms with van der Waals surface area (Å²) in [6, 6.07) is 0. The van der Waals surface area contributed by atoms with Crippen molar-refractivity contribution in [3.05, 3.63) is 23.3 Å². The highest BCUT2D eigenvalue weighted by atomic mass is 16.5. The Balaban J connectivity index is 1.48. The molecule has 1 N–H and O–H groups in total. The van der Waals surface area contributed by atoms with Gasteiger partial charge in [0.2, 0.25) is 0 Å². The lowest BCUT2D eigenvalue weighted by molar-refractivity contribution is -0.0531. The van der Waals surface area contributed by atoms with E-state index in [1.807, 2.05) is 0 Å². The molecule has 5 rings (SSSR count). The molecule has 0 spiro atoms. The van der Waals surface area contributed by atoms with Gasteiger partial charge >= 0.3 is 0 Å². The van der Waals surface area contributed by atoms with Crippen molar-refractivity contribution in [2.75, 3.05) is 6.61 Å². The van der Waals surface area contributed by atoms with Crippen LogP contribution in [0.2, 0.25) is 0 Å². The van der Waals surface area contributed by atoms with E-state index in [1.54, 1.807) is 11.1 Å². The molecule has 26 heavy (non-hydrogen) atoms. The van der Waals surface area contributed by atoms with E-state index in [9.17, 15) is 5.11 Å². The minimum absolute atomic E-state index is 0.105. The molecular weight excluding hydrogens is 320 g/mol. The molecule has 4 aliphatic carbocycles. The van der Waals surface area contributed by atoms with E-state index in [2.05, 4.69) is 32.9 Å². The van der Waals surface area contributed by atoms with Crippen molar-refractivity contribution in [2.24, 2.45) is 34.5 Å². The van der Waals surface area contributed by atoms with Gasteiger partial charge in [-0.15, -0.1) is 0 Å². The summed E-state index contributed by atoms with van der Waals surface area (Å²) in [4.78, 5) is 0. The first-order valence-electron chi connectivity index (χ1n) is 11.1. The lowest BCUT2D eigenvalue weighted by Crippen LogP contribution is -2.52. The second-order valence-electron chi connectivity index (χ2n) is 10.5. The van der Waals surface area contributed by atoms with Gasteiger partial charge in [0.15, 0.2) is 0 Å². The normalized spacial score (nSPS) is 53.4. The number of aliphatic hydroxyl groups excluding tert-OH is 1. The topological polar surface area (TPSA) is 29.5 Å². The first-order chi connectivity index (χ1) is 12.4. The van der Waals surface area contributed by atoms with Gasteiger partial charge in [0.1, 0.15) is 0 Å². The zero-order valence-corrected chi connectivity index (χ0v) is 16.8. The smallest absolute Gasteiger partial charge is 0.0791 e. The Kier molecular flexibility index (Phi) is 4.00. The van der Waals surface area contributed by atoms with Crippen LogP contribution >= 0.6 is 0 Å². The average Bonchev–Trinajstić information content (AvgIpc) is 3.23. The predicted molar refractivity (Wildman–Crippen MR) is 105 cm³/mol. The van der Waals surface area contributed by atoms with E-state index in [1.165, 1.54) is 38.5 Å². The fraction of sp³-hybridized carbons (Fsp3) is 0.833. The molecule has 2 nitrogen and oxygen atoms in total. The van der Waals surface area contributed by atoms with E-state index in [4.69, 9.17) is 4.74 Å². The lowest BCUT2D eigenvalue weighted by atomic mass is 9.45. The van der Waals surface area contributed by atoms with E-state index < -0.39 is 0 Å². The number of ether oxygens (including phenoxy) is 1. The van der Waals surface area contributed by atoms with Gasteiger partial charge in [-0.2, -0.15) is 0 Å². The Morgan fingerprint density at radius 3 is 2.65 bits per heavy atom. The maximum Gasteiger partial charge on any atom is 0.0791 e. The number of hydrogen-bond acceptors (Lipinski definition) is 2. The largest absolute Gasteiger partial charge is 0.393 e. The van der Waals surface area contributed by atoms with Gasteiger partial charge in [-0.3, -0.25) is 0 Å². The first kappa shape index (κ1) is 17.5. The van der Waals surface area contributed by atoms with Crippen molar-refractivity contribution in [1.29, 1.82) is 0 Å². The molecule has 5 aliphatic rings. The van der Waals surface area contributed by atoms with Crippen LogP contribution in [0.4, 0.5) is 0 Å². The van der Waals surface area contributed by atoms with Crippen molar-refractivity contribution < 1.29 is 9.84 Å². The molecule has 0 aromatic rings. The summed E-state index contributed by atoms with van der Waals surface area (Å²) < 4.78 is 6.12. The van der Waals surface area contributed by atoms with Crippen molar-refractivity contribution in [3.63, 3.8) is 0 Å². The average molecular weight is 357 g/mol.